The summed E-state index contributed by atoms with van der Waals surface area (Å²) in [6, 6.07) is 1.29. The van der Waals surface area contributed by atoms with Crippen LogP contribution in [0, 0.1) is 17.5 Å². The molecule has 0 aliphatic carbocycles. The number of hydrogen-bond donors (Lipinski definition) is 1. The van der Waals surface area contributed by atoms with Gasteiger partial charge in [-0.15, -0.1) is 0 Å². The van der Waals surface area contributed by atoms with Crippen LogP contribution in [0.2, 0.25) is 0 Å². The van der Waals surface area contributed by atoms with Crippen LogP contribution in [-0.2, 0) is 0 Å². The van der Waals surface area contributed by atoms with Crippen molar-refractivity contribution in [2.45, 2.75) is 6.42 Å². The topological polar surface area (TPSA) is 26.0 Å². The van der Waals surface area contributed by atoms with E-state index >= 15 is 0 Å². The second kappa shape index (κ2) is 4.81. The Balaban J connectivity index is 2.96. The molecule has 1 aromatic rings. The average Bonchev–Trinajstić information content (AvgIpc) is 2.09. The summed E-state index contributed by atoms with van der Waals surface area (Å²) in [5.41, 5.74) is 4.96. The fourth-order valence-electron chi connectivity index (χ4n) is 1.01. The first-order valence-corrected chi connectivity index (χ1v) is 4.16. The minimum atomic E-state index is -0.920. The number of hydrogen-bond acceptors (Lipinski definition) is 1. The number of rotatable bonds is 3. The zero-order valence-corrected chi connectivity index (χ0v) is 7.43. The summed E-state index contributed by atoms with van der Waals surface area (Å²) in [5.74, 6) is -2.73. The summed E-state index contributed by atoms with van der Waals surface area (Å²) in [6.45, 7) is 0.404. The molecule has 0 bridgehead atoms. The van der Waals surface area contributed by atoms with Crippen molar-refractivity contribution < 1.29 is 13.2 Å². The van der Waals surface area contributed by atoms with Gasteiger partial charge in [-0.3, -0.25) is 0 Å². The van der Waals surface area contributed by atoms with Gasteiger partial charge in [0.05, 0.1) is 0 Å². The van der Waals surface area contributed by atoms with E-state index in [0.717, 1.165) is 0 Å². The highest BCUT2D eigenvalue weighted by molar-refractivity contribution is 5.50. The van der Waals surface area contributed by atoms with E-state index in [1.165, 1.54) is 6.08 Å². The van der Waals surface area contributed by atoms with Crippen molar-refractivity contribution in [2.24, 2.45) is 5.73 Å². The summed E-state index contributed by atoms with van der Waals surface area (Å²) < 4.78 is 38.4. The van der Waals surface area contributed by atoms with Crippen LogP contribution in [0.4, 0.5) is 13.2 Å². The third kappa shape index (κ3) is 2.60. The third-order valence-electron chi connectivity index (χ3n) is 1.66. The molecule has 1 aromatic carbocycles. The molecule has 0 radical (unpaired) electrons. The van der Waals surface area contributed by atoms with E-state index in [1.807, 2.05) is 0 Å². The molecular weight excluding hydrogens is 191 g/mol. The van der Waals surface area contributed by atoms with Gasteiger partial charge in [0, 0.05) is 17.7 Å². The average molecular weight is 201 g/mol. The molecule has 0 aromatic heterocycles. The van der Waals surface area contributed by atoms with Gasteiger partial charge in [-0.2, -0.15) is 0 Å². The SMILES string of the molecule is NCCC=Cc1c(F)cc(F)cc1F. The van der Waals surface area contributed by atoms with Crippen LogP contribution in [0.5, 0.6) is 0 Å². The minimum absolute atomic E-state index is 0.236. The van der Waals surface area contributed by atoms with Gasteiger partial charge < -0.3 is 5.73 Å². The van der Waals surface area contributed by atoms with E-state index < -0.39 is 17.5 Å². The molecule has 0 aliphatic heterocycles. The summed E-state index contributed by atoms with van der Waals surface area (Å²) >= 11 is 0. The molecule has 0 heterocycles. The third-order valence-corrected chi connectivity index (χ3v) is 1.66. The molecule has 0 saturated heterocycles. The van der Waals surface area contributed by atoms with Crippen LogP contribution in [-0.4, -0.2) is 6.54 Å². The largest absolute Gasteiger partial charge is 0.330 e. The van der Waals surface area contributed by atoms with Gasteiger partial charge in [0.2, 0.25) is 0 Å². The van der Waals surface area contributed by atoms with E-state index in [-0.39, 0.29) is 5.56 Å². The maximum atomic E-state index is 13.0. The second-order valence-electron chi connectivity index (χ2n) is 2.76. The highest BCUT2D eigenvalue weighted by Gasteiger charge is 2.07. The molecule has 14 heavy (non-hydrogen) atoms. The first-order chi connectivity index (χ1) is 6.65. The lowest BCUT2D eigenvalue weighted by Gasteiger charge is -1.99. The van der Waals surface area contributed by atoms with E-state index in [0.29, 0.717) is 25.1 Å². The van der Waals surface area contributed by atoms with Crippen LogP contribution in [0.25, 0.3) is 6.08 Å². The van der Waals surface area contributed by atoms with Crippen molar-refractivity contribution in [1.29, 1.82) is 0 Å². The molecule has 1 rings (SSSR count). The molecule has 0 unspecified atom stereocenters. The lowest BCUT2D eigenvalue weighted by atomic mass is 10.1. The Labute approximate surface area is 80.0 Å². The monoisotopic (exact) mass is 201 g/mol. The van der Waals surface area contributed by atoms with Crippen LogP contribution >= 0.6 is 0 Å². The Kier molecular flexibility index (Phi) is 3.71. The Morgan fingerprint density at radius 1 is 1.14 bits per heavy atom. The van der Waals surface area contributed by atoms with Crippen LogP contribution in [0.1, 0.15) is 12.0 Å². The fraction of sp³-hybridized carbons (Fsp3) is 0.200. The molecular formula is C10H10F3N. The van der Waals surface area contributed by atoms with E-state index in [1.54, 1.807) is 6.08 Å². The molecule has 0 atom stereocenters. The van der Waals surface area contributed by atoms with Gasteiger partial charge in [0.15, 0.2) is 0 Å². The van der Waals surface area contributed by atoms with E-state index in [9.17, 15) is 13.2 Å². The first-order valence-electron chi connectivity index (χ1n) is 4.16. The van der Waals surface area contributed by atoms with Crippen LogP contribution in [0.3, 0.4) is 0 Å². The number of nitrogens with two attached hydrogens (primary N) is 1. The number of benzene rings is 1. The van der Waals surface area contributed by atoms with Crippen LogP contribution < -0.4 is 5.73 Å². The smallest absolute Gasteiger partial charge is 0.136 e. The Morgan fingerprint density at radius 2 is 1.71 bits per heavy atom. The summed E-state index contributed by atoms with van der Waals surface area (Å²) in [5, 5.41) is 0. The minimum Gasteiger partial charge on any atom is -0.330 e. The standard InChI is InChI=1S/C10H10F3N/c11-7-5-9(12)8(10(13)6-7)3-1-2-4-14/h1,3,5-6H,2,4,14H2. The van der Waals surface area contributed by atoms with Gasteiger partial charge in [-0.05, 0) is 13.0 Å². The predicted molar refractivity (Wildman–Crippen MR) is 49.0 cm³/mol. The van der Waals surface area contributed by atoms with E-state index in [4.69, 9.17) is 5.73 Å². The molecule has 1 nitrogen and oxygen atoms in total. The Hall–Kier alpha value is -1.29. The molecule has 4 heteroatoms. The highest BCUT2D eigenvalue weighted by atomic mass is 19.1. The van der Waals surface area contributed by atoms with Crippen molar-refractivity contribution in [3.63, 3.8) is 0 Å². The van der Waals surface area contributed by atoms with Crippen molar-refractivity contribution in [3.8, 4) is 0 Å². The summed E-state index contributed by atoms with van der Waals surface area (Å²) in [6.07, 6.45) is 3.33. The van der Waals surface area contributed by atoms with Gasteiger partial charge >= 0.3 is 0 Å². The second-order valence-corrected chi connectivity index (χ2v) is 2.76. The molecule has 0 fully saturated rings. The maximum absolute atomic E-state index is 13.0. The first kappa shape index (κ1) is 10.8. The van der Waals surface area contributed by atoms with Gasteiger partial charge in [0.1, 0.15) is 17.5 Å². The van der Waals surface area contributed by atoms with Gasteiger partial charge in [0.25, 0.3) is 0 Å². The molecule has 0 aliphatic rings. The zero-order chi connectivity index (χ0) is 10.6. The van der Waals surface area contributed by atoms with Crippen LogP contribution in [0.15, 0.2) is 18.2 Å². The van der Waals surface area contributed by atoms with Crippen molar-refractivity contribution in [1.82, 2.24) is 0 Å². The molecule has 0 spiro atoms. The lowest BCUT2D eigenvalue weighted by Crippen LogP contribution is -1.96. The zero-order valence-electron chi connectivity index (χ0n) is 7.43. The summed E-state index contributed by atoms with van der Waals surface area (Å²) in [4.78, 5) is 0. The maximum Gasteiger partial charge on any atom is 0.136 e. The lowest BCUT2D eigenvalue weighted by molar-refractivity contribution is 0.540. The predicted octanol–water partition coefficient (Wildman–Crippen LogP) is 2.47. The molecule has 0 saturated carbocycles. The van der Waals surface area contributed by atoms with Gasteiger partial charge in [-0.25, -0.2) is 13.2 Å². The normalized spacial score (nSPS) is 11.1. The highest BCUT2D eigenvalue weighted by Crippen LogP contribution is 2.16. The van der Waals surface area contributed by atoms with E-state index in [2.05, 4.69) is 0 Å². The van der Waals surface area contributed by atoms with Crippen molar-refractivity contribution in [3.05, 3.63) is 41.2 Å². The number of halogens is 3. The van der Waals surface area contributed by atoms with Crippen molar-refractivity contribution >= 4 is 6.08 Å². The fourth-order valence-corrected chi connectivity index (χ4v) is 1.01. The Morgan fingerprint density at radius 3 is 2.21 bits per heavy atom. The van der Waals surface area contributed by atoms with Crippen molar-refractivity contribution in [2.75, 3.05) is 6.54 Å². The Bertz CT molecular complexity index is 324. The molecule has 76 valence electrons. The molecule has 2 N–H and O–H groups in total. The molecule has 0 amide bonds. The quantitative estimate of drug-likeness (QED) is 0.798. The summed E-state index contributed by atoms with van der Waals surface area (Å²) in [7, 11) is 0. The van der Waals surface area contributed by atoms with Gasteiger partial charge in [-0.1, -0.05) is 12.2 Å².